The summed E-state index contributed by atoms with van der Waals surface area (Å²) < 4.78 is 38.7. The van der Waals surface area contributed by atoms with Crippen LogP contribution >= 0.6 is 0 Å². The molecule has 1 fully saturated rings. The van der Waals surface area contributed by atoms with Crippen LogP contribution in [0.2, 0.25) is 0 Å². The molecule has 1 saturated carbocycles. The molecule has 1 aliphatic carbocycles. The molecular weight excluding hydrogens is 375 g/mol. The van der Waals surface area contributed by atoms with Gasteiger partial charge in [0.25, 0.3) is 5.91 Å². The summed E-state index contributed by atoms with van der Waals surface area (Å²) in [6.07, 6.45) is -2.35. The normalized spacial score (nSPS) is 20.0. The molecule has 0 aliphatic heterocycles. The number of imidazole rings is 1. The summed E-state index contributed by atoms with van der Waals surface area (Å²) in [6, 6.07) is 4.59. The first kappa shape index (κ1) is 19.9. The van der Waals surface area contributed by atoms with E-state index in [9.17, 15) is 22.8 Å². The molecule has 1 aliphatic rings. The number of halogens is 3. The molecular formula is C19H20F3N3O3. The Balaban J connectivity index is 1.72. The third-order valence-electron chi connectivity index (χ3n) is 4.97. The Kier molecular flexibility index (Phi) is 5.44. The van der Waals surface area contributed by atoms with E-state index in [1.54, 1.807) is 6.92 Å². The molecule has 1 heterocycles. The molecule has 1 aromatic heterocycles. The van der Waals surface area contributed by atoms with Crippen molar-refractivity contribution >= 4 is 11.9 Å². The molecule has 1 aromatic carbocycles. The second kappa shape index (κ2) is 7.65. The third-order valence-corrected chi connectivity index (χ3v) is 4.97. The zero-order valence-corrected chi connectivity index (χ0v) is 15.1. The number of carboxylic acid groups (broad SMARTS) is 1. The average molecular weight is 395 g/mol. The number of hydrogen-bond acceptors (Lipinski definition) is 3. The minimum absolute atomic E-state index is 0.118. The largest absolute Gasteiger partial charge is 0.481 e. The Morgan fingerprint density at radius 3 is 2.50 bits per heavy atom. The van der Waals surface area contributed by atoms with Crippen LogP contribution in [0.1, 0.15) is 47.4 Å². The van der Waals surface area contributed by atoms with Crippen LogP contribution in [0.3, 0.4) is 0 Å². The van der Waals surface area contributed by atoms with E-state index in [4.69, 9.17) is 5.11 Å². The van der Waals surface area contributed by atoms with Gasteiger partial charge in [0.2, 0.25) is 0 Å². The van der Waals surface area contributed by atoms with Gasteiger partial charge >= 0.3 is 12.1 Å². The summed E-state index contributed by atoms with van der Waals surface area (Å²) in [4.78, 5) is 30.6. The van der Waals surface area contributed by atoms with Crippen LogP contribution in [0.25, 0.3) is 11.4 Å². The lowest BCUT2D eigenvalue weighted by Gasteiger charge is -2.26. The lowest BCUT2D eigenvalue weighted by Crippen LogP contribution is -2.39. The summed E-state index contributed by atoms with van der Waals surface area (Å²) in [7, 11) is 0. The Bertz CT molecular complexity index is 884. The van der Waals surface area contributed by atoms with Crippen molar-refractivity contribution in [3.63, 3.8) is 0 Å². The van der Waals surface area contributed by atoms with Gasteiger partial charge in [0.15, 0.2) is 0 Å². The molecule has 0 spiro atoms. The maximum Gasteiger partial charge on any atom is 0.416 e. The number of benzene rings is 1. The quantitative estimate of drug-likeness (QED) is 0.734. The van der Waals surface area contributed by atoms with Gasteiger partial charge in [-0.05, 0) is 44.7 Å². The standard InChI is InChI=1S/C19H20F3N3O3/c1-10-15(17(26)24-14-7-5-11(6-8-14)18(27)28)25-16(23-10)12-3-2-4-13(9-12)19(20,21)22/h2-4,9,11,14H,5-8H2,1H3,(H,23,25)(H,24,26)(H,27,28). The van der Waals surface area contributed by atoms with Crippen molar-refractivity contribution < 1.29 is 27.9 Å². The second-order valence-corrected chi connectivity index (χ2v) is 7.00. The summed E-state index contributed by atoms with van der Waals surface area (Å²) in [5, 5.41) is 11.9. The van der Waals surface area contributed by atoms with Crippen LogP contribution < -0.4 is 5.32 Å². The SMILES string of the molecule is Cc1[nH]c(-c2cccc(C(F)(F)F)c2)nc1C(=O)NC1CCC(C(=O)O)CC1. The number of hydrogen-bond donors (Lipinski definition) is 3. The molecule has 3 rings (SSSR count). The van der Waals surface area contributed by atoms with Gasteiger partial charge in [-0.3, -0.25) is 9.59 Å². The third kappa shape index (κ3) is 4.35. The van der Waals surface area contributed by atoms with Gasteiger partial charge in [-0.25, -0.2) is 4.98 Å². The number of carbonyl (C=O) groups excluding carboxylic acids is 1. The zero-order valence-electron chi connectivity index (χ0n) is 15.1. The molecule has 0 atom stereocenters. The molecule has 9 heteroatoms. The summed E-state index contributed by atoms with van der Waals surface area (Å²) in [5.74, 6) is -1.44. The number of nitrogens with one attached hydrogen (secondary N) is 2. The van der Waals surface area contributed by atoms with Gasteiger partial charge in [0.05, 0.1) is 11.5 Å². The fraction of sp³-hybridized carbons (Fsp3) is 0.421. The van der Waals surface area contributed by atoms with Gasteiger partial charge in [0, 0.05) is 17.3 Å². The van der Waals surface area contributed by atoms with Gasteiger partial charge in [0.1, 0.15) is 11.5 Å². The first-order valence-electron chi connectivity index (χ1n) is 8.93. The predicted molar refractivity (Wildman–Crippen MR) is 94.6 cm³/mol. The van der Waals surface area contributed by atoms with E-state index >= 15 is 0 Å². The number of nitrogens with zero attached hydrogens (tertiary/aromatic N) is 1. The fourth-order valence-corrected chi connectivity index (χ4v) is 3.40. The van der Waals surface area contributed by atoms with Crippen LogP contribution in [0.15, 0.2) is 24.3 Å². The predicted octanol–water partition coefficient (Wildman–Crippen LogP) is 3.78. The smallest absolute Gasteiger partial charge is 0.416 e. The van der Waals surface area contributed by atoms with Crippen molar-refractivity contribution in [3.8, 4) is 11.4 Å². The second-order valence-electron chi connectivity index (χ2n) is 7.00. The first-order valence-corrected chi connectivity index (χ1v) is 8.93. The van der Waals surface area contributed by atoms with E-state index < -0.39 is 23.6 Å². The Labute approximate surface area is 159 Å². The Morgan fingerprint density at radius 1 is 1.21 bits per heavy atom. The van der Waals surface area contributed by atoms with Crippen LogP contribution in [0.5, 0.6) is 0 Å². The maximum absolute atomic E-state index is 12.9. The Morgan fingerprint density at radius 2 is 1.89 bits per heavy atom. The van der Waals surface area contributed by atoms with Crippen LogP contribution in [-0.2, 0) is 11.0 Å². The van der Waals surface area contributed by atoms with E-state index in [0.717, 1.165) is 12.1 Å². The number of carbonyl (C=O) groups is 2. The molecule has 6 nitrogen and oxygen atoms in total. The van der Waals surface area contributed by atoms with Crippen molar-refractivity contribution in [1.29, 1.82) is 0 Å². The van der Waals surface area contributed by atoms with E-state index in [1.807, 2.05) is 0 Å². The Hall–Kier alpha value is -2.84. The summed E-state index contributed by atoms with van der Waals surface area (Å²) in [6.45, 7) is 1.63. The van der Waals surface area contributed by atoms with E-state index in [1.165, 1.54) is 12.1 Å². The van der Waals surface area contributed by atoms with Crippen molar-refractivity contribution in [2.24, 2.45) is 5.92 Å². The maximum atomic E-state index is 12.9. The molecule has 1 amide bonds. The van der Waals surface area contributed by atoms with Gasteiger partial charge in [-0.1, -0.05) is 12.1 Å². The van der Waals surface area contributed by atoms with Crippen molar-refractivity contribution in [1.82, 2.24) is 15.3 Å². The molecule has 28 heavy (non-hydrogen) atoms. The van der Waals surface area contributed by atoms with Gasteiger partial charge < -0.3 is 15.4 Å². The monoisotopic (exact) mass is 395 g/mol. The number of aromatic nitrogens is 2. The highest BCUT2D eigenvalue weighted by Crippen LogP contribution is 2.32. The number of rotatable bonds is 4. The van der Waals surface area contributed by atoms with E-state index in [0.29, 0.717) is 31.4 Å². The van der Waals surface area contributed by atoms with Gasteiger partial charge in [-0.15, -0.1) is 0 Å². The van der Waals surface area contributed by atoms with Gasteiger partial charge in [-0.2, -0.15) is 13.2 Å². The van der Waals surface area contributed by atoms with Crippen molar-refractivity contribution in [2.45, 2.75) is 44.8 Å². The molecule has 0 saturated heterocycles. The lowest BCUT2D eigenvalue weighted by molar-refractivity contribution is -0.143. The number of aliphatic carboxylic acids is 1. The minimum atomic E-state index is -4.47. The molecule has 3 N–H and O–H groups in total. The number of amides is 1. The topological polar surface area (TPSA) is 95.1 Å². The van der Waals surface area contributed by atoms with E-state index in [2.05, 4.69) is 15.3 Å². The molecule has 150 valence electrons. The average Bonchev–Trinajstić information content (AvgIpc) is 3.03. The highest BCUT2D eigenvalue weighted by atomic mass is 19.4. The number of carboxylic acids is 1. The summed E-state index contributed by atoms with van der Waals surface area (Å²) in [5.41, 5.74) is 0.0103. The van der Waals surface area contributed by atoms with Crippen LogP contribution in [-0.4, -0.2) is 33.0 Å². The zero-order chi connectivity index (χ0) is 20.5. The number of aryl methyl sites for hydroxylation is 1. The molecule has 0 radical (unpaired) electrons. The highest BCUT2D eigenvalue weighted by molar-refractivity contribution is 5.94. The number of alkyl halides is 3. The molecule has 2 aromatic rings. The first-order chi connectivity index (χ1) is 13.1. The number of H-pyrrole nitrogens is 1. The van der Waals surface area contributed by atoms with E-state index in [-0.39, 0.29) is 29.0 Å². The van der Waals surface area contributed by atoms with Crippen LogP contribution in [0, 0.1) is 12.8 Å². The van der Waals surface area contributed by atoms with Crippen LogP contribution in [0.4, 0.5) is 13.2 Å². The fourth-order valence-electron chi connectivity index (χ4n) is 3.40. The molecule has 0 bridgehead atoms. The highest BCUT2D eigenvalue weighted by Gasteiger charge is 2.31. The minimum Gasteiger partial charge on any atom is -0.481 e. The number of aromatic amines is 1. The van der Waals surface area contributed by atoms with Crippen molar-refractivity contribution in [2.75, 3.05) is 0 Å². The summed E-state index contributed by atoms with van der Waals surface area (Å²) >= 11 is 0. The lowest BCUT2D eigenvalue weighted by atomic mass is 9.86. The molecule has 0 unspecified atom stereocenters. The van der Waals surface area contributed by atoms with Crippen molar-refractivity contribution in [3.05, 3.63) is 41.2 Å².